The number of esters is 1. The molecule has 0 unspecified atom stereocenters. The number of halogens is 1. The molecule has 0 spiro atoms. The van der Waals surface area contributed by atoms with E-state index in [4.69, 9.17) is 10.5 Å². The Labute approximate surface area is 131 Å². The third-order valence-corrected chi connectivity index (χ3v) is 3.19. The Morgan fingerprint density at radius 1 is 0.913 bits per heavy atom. The number of nitrogens with two attached hydrogens (primary N) is 1. The Kier molecular flexibility index (Phi) is 4.85. The Morgan fingerprint density at radius 2 is 1.39 bits per heavy atom. The van der Waals surface area contributed by atoms with Gasteiger partial charge in [-0.15, -0.1) is 0 Å². The Hall–Kier alpha value is -3.02. The second-order valence-corrected chi connectivity index (χ2v) is 4.86. The molecule has 0 fully saturated rings. The van der Waals surface area contributed by atoms with Crippen LogP contribution in [0.2, 0.25) is 0 Å². The number of hydrogen-bond donors (Lipinski definition) is 1. The van der Waals surface area contributed by atoms with Gasteiger partial charge in [-0.05, 0) is 55.5 Å². The molecular formula is C17H14FNO4. The van der Waals surface area contributed by atoms with Crippen molar-refractivity contribution in [2.24, 2.45) is 5.73 Å². The molecule has 1 atom stereocenters. The summed E-state index contributed by atoms with van der Waals surface area (Å²) in [5, 5.41) is 0. The van der Waals surface area contributed by atoms with Crippen LogP contribution in [0.4, 0.5) is 4.39 Å². The molecule has 0 aliphatic carbocycles. The minimum atomic E-state index is -1.02. The quantitative estimate of drug-likeness (QED) is 0.678. The molecule has 0 saturated heterocycles. The first-order valence-electron chi connectivity index (χ1n) is 6.79. The maximum atomic E-state index is 12.8. The van der Waals surface area contributed by atoms with Crippen molar-refractivity contribution in [2.45, 2.75) is 13.0 Å². The second kappa shape index (κ2) is 6.83. The lowest BCUT2D eigenvalue weighted by atomic mass is 10.1. The lowest BCUT2D eigenvalue weighted by molar-refractivity contribution is 0.0318. The van der Waals surface area contributed by atoms with Crippen LogP contribution < -0.4 is 5.73 Å². The van der Waals surface area contributed by atoms with E-state index in [0.717, 1.165) is 12.1 Å². The van der Waals surface area contributed by atoms with E-state index in [-0.39, 0.29) is 16.7 Å². The lowest BCUT2D eigenvalue weighted by Gasteiger charge is -2.12. The van der Waals surface area contributed by atoms with E-state index in [2.05, 4.69) is 0 Å². The van der Waals surface area contributed by atoms with Crippen LogP contribution in [0.3, 0.4) is 0 Å². The van der Waals surface area contributed by atoms with Crippen molar-refractivity contribution < 1.29 is 23.5 Å². The van der Waals surface area contributed by atoms with E-state index < -0.39 is 29.6 Å². The van der Waals surface area contributed by atoms with Gasteiger partial charge >= 0.3 is 5.97 Å². The van der Waals surface area contributed by atoms with Crippen LogP contribution in [0.5, 0.6) is 0 Å². The molecule has 1 amide bonds. The summed E-state index contributed by atoms with van der Waals surface area (Å²) < 4.78 is 17.9. The van der Waals surface area contributed by atoms with Gasteiger partial charge in [-0.1, -0.05) is 0 Å². The predicted octanol–water partition coefficient (Wildman–Crippen LogP) is 2.35. The molecule has 23 heavy (non-hydrogen) atoms. The molecule has 0 bridgehead atoms. The number of ketones is 1. The van der Waals surface area contributed by atoms with E-state index in [0.29, 0.717) is 0 Å². The van der Waals surface area contributed by atoms with E-state index in [9.17, 15) is 18.8 Å². The zero-order valence-electron chi connectivity index (χ0n) is 12.3. The van der Waals surface area contributed by atoms with Crippen LogP contribution in [-0.2, 0) is 4.74 Å². The van der Waals surface area contributed by atoms with E-state index in [1.807, 2.05) is 0 Å². The van der Waals surface area contributed by atoms with Crippen LogP contribution >= 0.6 is 0 Å². The van der Waals surface area contributed by atoms with Crippen molar-refractivity contribution in [2.75, 3.05) is 0 Å². The van der Waals surface area contributed by atoms with Gasteiger partial charge in [0.1, 0.15) is 5.82 Å². The first-order chi connectivity index (χ1) is 10.9. The number of primary amides is 1. The molecule has 6 heteroatoms. The monoisotopic (exact) mass is 315 g/mol. The first-order valence-corrected chi connectivity index (χ1v) is 6.79. The van der Waals surface area contributed by atoms with Crippen molar-refractivity contribution in [3.8, 4) is 0 Å². The lowest BCUT2D eigenvalue weighted by Crippen LogP contribution is -2.24. The fraction of sp³-hybridized carbons (Fsp3) is 0.118. The predicted molar refractivity (Wildman–Crippen MR) is 80.6 cm³/mol. The number of amides is 1. The largest absolute Gasteiger partial charge is 0.451 e. The van der Waals surface area contributed by atoms with Gasteiger partial charge in [0, 0.05) is 11.1 Å². The number of carbonyl (C=O) groups excluding carboxylic acids is 3. The highest BCUT2D eigenvalue weighted by molar-refractivity contribution is 6.01. The number of rotatable bonds is 5. The van der Waals surface area contributed by atoms with Gasteiger partial charge in [-0.3, -0.25) is 9.59 Å². The molecule has 118 valence electrons. The topological polar surface area (TPSA) is 86.5 Å². The summed E-state index contributed by atoms with van der Waals surface area (Å²) >= 11 is 0. The molecule has 0 heterocycles. The van der Waals surface area contributed by atoms with Crippen molar-refractivity contribution >= 4 is 17.7 Å². The number of hydrogen-bond acceptors (Lipinski definition) is 4. The van der Waals surface area contributed by atoms with Crippen LogP contribution in [-0.4, -0.2) is 23.8 Å². The zero-order chi connectivity index (χ0) is 17.0. The fourth-order valence-electron chi connectivity index (χ4n) is 1.90. The second-order valence-electron chi connectivity index (χ2n) is 4.86. The molecule has 0 aliphatic rings. The molecule has 0 radical (unpaired) electrons. The molecule has 2 aromatic rings. The molecule has 0 saturated carbocycles. The van der Waals surface area contributed by atoms with Gasteiger partial charge < -0.3 is 10.5 Å². The Balaban J connectivity index is 2.05. The number of benzene rings is 2. The maximum absolute atomic E-state index is 12.8. The van der Waals surface area contributed by atoms with Crippen molar-refractivity contribution in [1.29, 1.82) is 0 Å². The molecule has 5 nitrogen and oxygen atoms in total. The summed E-state index contributed by atoms with van der Waals surface area (Å²) in [4.78, 5) is 35.0. The third-order valence-electron chi connectivity index (χ3n) is 3.19. The smallest absolute Gasteiger partial charge is 0.338 e. The van der Waals surface area contributed by atoms with E-state index in [1.165, 1.54) is 43.3 Å². The van der Waals surface area contributed by atoms with Crippen LogP contribution in [0.1, 0.15) is 38.0 Å². The first kappa shape index (κ1) is 16.4. The number of carbonyl (C=O) groups is 3. The summed E-state index contributed by atoms with van der Waals surface area (Å²) in [5.41, 5.74) is 5.80. The summed E-state index contributed by atoms with van der Waals surface area (Å²) in [6, 6.07) is 10.5. The highest BCUT2D eigenvalue weighted by Gasteiger charge is 2.20. The minimum Gasteiger partial charge on any atom is -0.451 e. The SMILES string of the molecule is C[C@H](OC(=O)c1ccc(C(N)=O)cc1)C(=O)c1ccc(F)cc1. The minimum absolute atomic E-state index is 0.189. The van der Waals surface area contributed by atoms with E-state index in [1.54, 1.807) is 0 Å². The van der Waals surface area contributed by atoms with E-state index >= 15 is 0 Å². The van der Waals surface area contributed by atoms with Crippen LogP contribution in [0.15, 0.2) is 48.5 Å². The molecule has 2 rings (SSSR count). The molecular weight excluding hydrogens is 301 g/mol. The summed E-state index contributed by atoms with van der Waals surface area (Å²) in [6.07, 6.45) is -1.02. The molecule has 0 aliphatic heterocycles. The van der Waals surface area contributed by atoms with Gasteiger partial charge in [-0.2, -0.15) is 0 Å². The van der Waals surface area contributed by atoms with Gasteiger partial charge in [0.05, 0.1) is 5.56 Å². The standard InChI is InChI=1S/C17H14FNO4/c1-10(15(20)11-6-8-14(18)9-7-11)23-17(22)13-4-2-12(3-5-13)16(19)21/h2-10H,1H3,(H2,19,21)/t10-/m0/s1. The Bertz CT molecular complexity index is 738. The van der Waals surface area contributed by atoms with Gasteiger partial charge in [0.15, 0.2) is 6.10 Å². The van der Waals surface area contributed by atoms with Gasteiger partial charge in [0.25, 0.3) is 0 Å². The summed E-state index contributed by atoms with van der Waals surface area (Å²) in [7, 11) is 0. The van der Waals surface area contributed by atoms with Crippen molar-refractivity contribution in [3.05, 3.63) is 71.0 Å². The maximum Gasteiger partial charge on any atom is 0.338 e. The highest BCUT2D eigenvalue weighted by Crippen LogP contribution is 2.11. The van der Waals surface area contributed by atoms with Crippen LogP contribution in [0, 0.1) is 5.82 Å². The molecule has 0 aromatic heterocycles. The summed E-state index contributed by atoms with van der Waals surface area (Å²) in [5.74, 6) is -2.21. The zero-order valence-corrected chi connectivity index (χ0v) is 12.3. The third kappa shape index (κ3) is 4.00. The van der Waals surface area contributed by atoms with Crippen LogP contribution in [0.25, 0.3) is 0 Å². The van der Waals surface area contributed by atoms with Gasteiger partial charge in [0.2, 0.25) is 11.7 Å². The normalized spacial score (nSPS) is 11.6. The molecule has 2 N–H and O–H groups in total. The number of ether oxygens (including phenoxy) is 1. The average Bonchev–Trinajstić information content (AvgIpc) is 2.54. The Morgan fingerprint density at radius 3 is 1.91 bits per heavy atom. The van der Waals surface area contributed by atoms with Crippen molar-refractivity contribution in [3.63, 3.8) is 0 Å². The fourth-order valence-corrected chi connectivity index (χ4v) is 1.90. The van der Waals surface area contributed by atoms with Crippen molar-refractivity contribution in [1.82, 2.24) is 0 Å². The average molecular weight is 315 g/mol. The number of Topliss-reactive ketones (excluding diaryl/α,β-unsaturated/α-hetero) is 1. The molecule has 2 aromatic carbocycles. The highest BCUT2D eigenvalue weighted by atomic mass is 19.1. The van der Waals surface area contributed by atoms with Gasteiger partial charge in [-0.25, -0.2) is 9.18 Å². The summed E-state index contributed by atoms with van der Waals surface area (Å²) in [6.45, 7) is 1.43.